The van der Waals surface area contributed by atoms with Crippen LogP contribution in [-0.4, -0.2) is 28.4 Å². The lowest BCUT2D eigenvalue weighted by molar-refractivity contribution is 0.596. The molecule has 4 aromatic heterocycles. The highest BCUT2D eigenvalue weighted by atomic mass is 32.2. The fourth-order valence-electron chi connectivity index (χ4n) is 8.98. The van der Waals surface area contributed by atoms with Crippen molar-refractivity contribution in [1.29, 1.82) is 0 Å². The summed E-state index contributed by atoms with van der Waals surface area (Å²) < 4.78 is 37.8. The van der Waals surface area contributed by atoms with E-state index in [2.05, 4.69) is 41.4 Å². The largest absolute Gasteiger partial charge is 0.456 e. The van der Waals surface area contributed by atoms with E-state index in [4.69, 9.17) is 19.4 Å². The Morgan fingerprint density at radius 3 is 1.70 bits per heavy atom. The number of rotatable bonds is 4. The first-order valence-corrected chi connectivity index (χ1v) is 22.4. The number of fused-ring (bicyclic) bond motifs is 12. The van der Waals surface area contributed by atoms with Crippen LogP contribution < -0.4 is 0 Å². The zero-order valence-corrected chi connectivity index (χ0v) is 34.9. The van der Waals surface area contributed by atoms with Crippen molar-refractivity contribution in [3.8, 4) is 89.7 Å². The Kier molecular flexibility index (Phi) is 8.74. The molecule has 0 amide bonds. The van der Waals surface area contributed by atoms with Crippen molar-refractivity contribution in [1.82, 2.24) is 19.9 Å². The zero-order valence-electron chi connectivity index (χ0n) is 34.1. The van der Waals surface area contributed by atoms with Crippen LogP contribution in [0.2, 0.25) is 0 Å². The van der Waals surface area contributed by atoms with Crippen LogP contribution in [0.3, 0.4) is 0 Å². The zero-order chi connectivity index (χ0) is 42.8. The Labute approximate surface area is 369 Å². The Bertz CT molecular complexity index is 3740. The predicted octanol–water partition coefficient (Wildman–Crippen LogP) is 13.6. The molecule has 7 aromatic carbocycles. The Morgan fingerprint density at radius 2 is 0.984 bits per heavy atom. The average molecular weight is 843 g/mol. The third-order valence-electron chi connectivity index (χ3n) is 12.0. The molecule has 302 valence electrons. The van der Waals surface area contributed by atoms with Gasteiger partial charge in [0, 0.05) is 62.7 Å². The number of benzene rings is 7. The summed E-state index contributed by atoms with van der Waals surface area (Å²) in [5.74, 6) is 0.548. The van der Waals surface area contributed by atoms with E-state index in [-0.39, 0.29) is 9.79 Å². The summed E-state index contributed by atoms with van der Waals surface area (Å²) in [6.45, 7) is 0. The number of hydrogen-bond donors (Lipinski definition) is 0. The van der Waals surface area contributed by atoms with Gasteiger partial charge in [0.05, 0.1) is 26.9 Å². The predicted molar refractivity (Wildman–Crippen MR) is 254 cm³/mol. The van der Waals surface area contributed by atoms with Gasteiger partial charge < -0.3 is 4.42 Å². The Balaban J connectivity index is 1.15. The van der Waals surface area contributed by atoms with Crippen LogP contribution in [0, 0.1) is 0 Å². The molecule has 0 saturated heterocycles. The van der Waals surface area contributed by atoms with Gasteiger partial charge >= 0.3 is 0 Å². The monoisotopic (exact) mass is 842 g/mol. The van der Waals surface area contributed by atoms with E-state index in [1.807, 2.05) is 140 Å². The molecule has 0 radical (unpaired) electrons. The van der Waals surface area contributed by atoms with E-state index in [9.17, 15) is 0 Å². The highest BCUT2D eigenvalue weighted by Gasteiger charge is 2.31. The highest BCUT2D eigenvalue weighted by Crippen LogP contribution is 2.49. The summed E-state index contributed by atoms with van der Waals surface area (Å²) in [6.07, 6.45) is 5.36. The molecule has 0 unspecified atom stereocenters. The van der Waals surface area contributed by atoms with Crippen molar-refractivity contribution in [2.24, 2.45) is 0 Å². The van der Waals surface area contributed by atoms with Gasteiger partial charge in [-0.1, -0.05) is 127 Å². The molecule has 0 atom stereocenters. The van der Waals surface area contributed by atoms with Gasteiger partial charge in [0.2, 0.25) is 9.84 Å². The van der Waals surface area contributed by atoms with E-state index >= 15 is 8.42 Å². The summed E-state index contributed by atoms with van der Waals surface area (Å²) >= 11 is 0. The van der Waals surface area contributed by atoms with Gasteiger partial charge in [0.1, 0.15) is 11.2 Å². The van der Waals surface area contributed by atoms with Crippen molar-refractivity contribution in [2.45, 2.75) is 9.79 Å². The molecular formula is C56H34N4O3S. The molecule has 0 aliphatic carbocycles. The molecule has 5 heterocycles. The van der Waals surface area contributed by atoms with Crippen LogP contribution in [0.5, 0.6) is 0 Å². The molecule has 0 N–H and O–H groups in total. The molecule has 1 aliphatic rings. The smallest absolute Gasteiger partial charge is 0.207 e. The first kappa shape index (κ1) is 37.4. The first-order valence-electron chi connectivity index (χ1n) is 20.9. The molecule has 7 nitrogen and oxygen atoms in total. The van der Waals surface area contributed by atoms with Crippen LogP contribution in [0.25, 0.3) is 112 Å². The number of hydrogen-bond acceptors (Lipinski definition) is 7. The van der Waals surface area contributed by atoms with Gasteiger partial charge in [0.15, 0.2) is 5.82 Å². The fourth-order valence-corrected chi connectivity index (χ4v) is 10.7. The topological polar surface area (TPSA) is 98.8 Å². The summed E-state index contributed by atoms with van der Waals surface area (Å²) in [7, 11) is -4.19. The van der Waals surface area contributed by atoms with Gasteiger partial charge in [-0.2, -0.15) is 0 Å². The minimum Gasteiger partial charge on any atom is -0.456 e. The number of furan rings is 1. The Hall–Kier alpha value is -8.33. The standard InChI is InChI=1S/C56H34N4O3S/c61-64(62)54-23-11-9-21-45(54)42-19-7-6-17-40(42)39-16-4-5-18-41(39)43-26-24-36(29-46(43)48-30-53-47(31-55(48)64)44-20-8-10-22-52(44)63-53)50-32-51(60-56(59-50)35-13-2-1-3-14-35)38-25-27-49(58-34-38)37-15-12-28-57-33-37/h1-34H. The second kappa shape index (κ2) is 14.9. The minimum atomic E-state index is -4.19. The van der Waals surface area contributed by atoms with E-state index in [1.54, 1.807) is 30.6 Å². The van der Waals surface area contributed by atoms with Crippen molar-refractivity contribution in [3.05, 3.63) is 207 Å². The highest BCUT2D eigenvalue weighted by molar-refractivity contribution is 7.91. The van der Waals surface area contributed by atoms with Crippen molar-refractivity contribution in [2.75, 3.05) is 0 Å². The van der Waals surface area contributed by atoms with Crippen molar-refractivity contribution in [3.63, 3.8) is 0 Å². The van der Waals surface area contributed by atoms with Crippen LogP contribution in [0.15, 0.2) is 221 Å². The summed E-state index contributed by atoms with van der Waals surface area (Å²) in [4.78, 5) is 19.7. The van der Waals surface area contributed by atoms with Gasteiger partial charge in [-0.25, -0.2) is 18.4 Å². The van der Waals surface area contributed by atoms with Gasteiger partial charge in [-0.05, 0) is 94.0 Å². The first-order chi connectivity index (χ1) is 31.5. The molecule has 1 aliphatic heterocycles. The lowest BCUT2D eigenvalue weighted by atomic mass is 9.85. The summed E-state index contributed by atoms with van der Waals surface area (Å²) in [6, 6.07) is 61.0. The second-order valence-corrected chi connectivity index (χ2v) is 17.7. The summed E-state index contributed by atoms with van der Waals surface area (Å²) in [5.41, 5.74) is 13.2. The molecule has 8 heteroatoms. The Morgan fingerprint density at radius 1 is 0.375 bits per heavy atom. The third kappa shape index (κ3) is 6.22. The number of aromatic nitrogens is 4. The molecule has 64 heavy (non-hydrogen) atoms. The molecule has 11 aromatic rings. The fraction of sp³-hybridized carbons (Fsp3) is 0. The van der Waals surface area contributed by atoms with Crippen LogP contribution in [-0.2, 0) is 9.84 Å². The van der Waals surface area contributed by atoms with Gasteiger partial charge in [0.25, 0.3) is 0 Å². The number of nitrogens with zero attached hydrogens (tertiary/aromatic N) is 4. The van der Waals surface area contributed by atoms with Crippen molar-refractivity contribution < 1.29 is 12.8 Å². The number of sulfone groups is 1. The molecule has 0 saturated carbocycles. The van der Waals surface area contributed by atoms with Crippen LogP contribution in [0.4, 0.5) is 0 Å². The maximum atomic E-state index is 15.7. The lowest BCUT2D eigenvalue weighted by Crippen LogP contribution is -2.06. The van der Waals surface area contributed by atoms with Crippen LogP contribution >= 0.6 is 0 Å². The molecule has 0 fully saturated rings. The summed E-state index contributed by atoms with van der Waals surface area (Å²) in [5, 5.41) is 1.56. The number of pyridine rings is 2. The quantitative estimate of drug-likeness (QED) is 0.174. The molecular weight excluding hydrogens is 809 g/mol. The van der Waals surface area contributed by atoms with E-state index in [0.29, 0.717) is 45.1 Å². The van der Waals surface area contributed by atoms with Crippen molar-refractivity contribution >= 4 is 31.8 Å². The SMILES string of the molecule is O=S1(=O)c2ccccc2-c2ccccc2-c2ccccc2-c2ccc(-c3cc(-c4ccc(-c5cccnc5)nc4)nc(-c4ccccc4)n3)cc2-c2cc3oc4ccccc4c3cc21. The molecule has 12 rings (SSSR count). The van der Waals surface area contributed by atoms with Gasteiger partial charge in [-0.15, -0.1) is 0 Å². The number of para-hydroxylation sites is 1. The minimum absolute atomic E-state index is 0.183. The second-order valence-electron chi connectivity index (χ2n) is 15.8. The maximum Gasteiger partial charge on any atom is 0.207 e. The third-order valence-corrected chi connectivity index (χ3v) is 13.9. The van der Waals surface area contributed by atoms with E-state index in [0.717, 1.165) is 66.5 Å². The van der Waals surface area contributed by atoms with E-state index < -0.39 is 9.84 Å². The van der Waals surface area contributed by atoms with Crippen LogP contribution in [0.1, 0.15) is 0 Å². The maximum absolute atomic E-state index is 15.7. The normalized spacial score (nSPS) is 12.6. The molecule has 0 bridgehead atoms. The van der Waals surface area contributed by atoms with Gasteiger partial charge in [-0.3, -0.25) is 9.97 Å². The molecule has 0 spiro atoms. The van der Waals surface area contributed by atoms with E-state index in [1.165, 1.54) is 0 Å². The lowest BCUT2D eigenvalue weighted by Gasteiger charge is -2.18. The average Bonchev–Trinajstić information content (AvgIpc) is 3.73.